The molecular formula is C14H11F3IN5O3. The SMILES string of the molecule is COCn1nc(C(F)(F)F)nc1-c1nc2cc(C(=O)OC)ccn2c1I. The highest BCUT2D eigenvalue weighted by molar-refractivity contribution is 14.1. The molecule has 0 saturated carbocycles. The Kier molecular flexibility index (Phi) is 4.88. The molecule has 26 heavy (non-hydrogen) atoms. The molecule has 138 valence electrons. The lowest BCUT2D eigenvalue weighted by Crippen LogP contribution is -2.09. The monoisotopic (exact) mass is 481 g/mol. The van der Waals surface area contributed by atoms with Crippen molar-refractivity contribution in [1.29, 1.82) is 0 Å². The molecule has 8 nitrogen and oxygen atoms in total. The zero-order chi connectivity index (χ0) is 19.1. The number of carbonyl (C=O) groups is 1. The predicted octanol–water partition coefficient (Wildman–Crippen LogP) is 2.61. The van der Waals surface area contributed by atoms with Crippen LogP contribution in [0.1, 0.15) is 16.2 Å². The van der Waals surface area contributed by atoms with Crippen molar-refractivity contribution < 1.29 is 27.4 Å². The fraction of sp³-hybridized carbons (Fsp3) is 0.286. The lowest BCUT2D eigenvalue weighted by Gasteiger charge is -2.02. The summed E-state index contributed by atoms with van der Waals surface area (Å²) in [5.74, 6) is -1.92. The Morgan fingerprint density at radius 2 is 2.04 bits per heavy atom. The van der Waals surface area contributed by atoms with E-state index in [1.54, 1.807) is 10.6 Å². The first-order valence-electron chi connectivity index (χ1n) is 7.03. The Labute approximate surface area is 158 Å². The summed E-state index contributed by atoms with van der Waals surface area (Å²) in [6.45, 7) is -0.226. The van der Waals surface area contributed by atoms with Crippen molar-refractivity contribution in [3.05, 3.63) is 33.4 Å². The van der Waals surface area contributed by atoms with E-state index in [-0.39, 0.29) is 23.8 Å². The van der Waals surface area contributed by atoms with E-state index in [4.69, 9.17) is 4.74 Å². The molecule has 3 aromatic rings. The highest BCUT2D eigenvalue weighted by atomic mass is 127. The van der Waals surface area contributed by atoms with E-state index in [0.717, 1.165) is 4.68 Å². The molecule has 0 radical (unpaired) electrons. The number of nitrogens with zero attached hydrogens (tertiary/aromatic N) is 5. The first-order chi connectivity index (χ1) is 12.3. The highest BCUT2D eigenvalue weighted by Gasteiger charge is 2.38. The van der Waals surface area contributed by atoms with E-state index in [1.807, 2.05) is 22.6 Å². The second kappa shape index (κ2) is 6.83. The van der Waals surface area contributed by atoms with Gasteiger partial charge in [0.2, 0.25) is 0 Å². The number of imidazole rings is 1. The van der Waals surface area contributed by atoms with Gasteiger partial charge in [-0.15, -0.1) is 5.10 Å². The normalized spacial score (nSPS) is 11.9. The van der Waals surface area contributed by atoms with Crippen LogP contribution in [0.2, 0.25) is 0 Å². The topological polar surface area (TPSA) is 83.5 Å². The molecule has 0 aliphatic carbocycles. The minimum absolute atomic E-state index is 0.0908. The summed E-state index contributed by atoms with van der Waals surface area (Å²) < 4.78 is 51.5. The number of fused-ring (bicyclic) bond motifs is 1. The summed E-state index contributed by atoms with van der Waals surface area (Å²) in [6.07, 6.45) is -3.13. The smallest absolute Gasteiger partial charge is 0.453 e. The number of alkyl halides is 3. The van der Waals surface area contributed by atoms with Crippen LogP contribution >= 0.6 is 22.6 Å². The van der Waals surface area contributed by atoms with Crippen LogP contribution in [0.25, 0.3) is 17.2 Å². The standard InChI is InChI=1S/C14H11F3IN5O3/c1-25-6-23-11(20-13(21-23)14(15,16)17)9-10(18)22-4-3-7(12(24)26-2)5-8(22)19-9/h3-5H,6H2,1-2H3. The van der Waals surface area contributed by atoms with Crippen molar-refractivity contribution in [1.82, 2.24) is 24.1 Å². The summed E-state index contributed by atoms with van der Waals surface area (Å²) in [5, 5.41) is 3.45. The van der Waals surface area contributed by atoms with Crippen LogP contribution in [0, 0.1) is 3.70 Å². The van der Waals surface area contributed by atoms with E-state index < -0.39 is 18.0 Å². The third-order valence-electron chi connectivity index (χ3n) is 3.38. The summed E-state index contributed by atoms with van der Waals surface area (Å²) in [5.41, 5.74) is 0.808. The van der Waals surface area contributed by atoms with Gasteiger partial charge in [0.1, 0.15) is 21.8 Å². The Morgan fingerprint density at radius 3 is 2.65 bits per heavy atom. The number of pyridine rings is 1. The second-order valence-corrected chi connectivity index (χ2v) is 6.08. The summed E-state index contributed by atoms with van der Waals surface area (Å²) in [7, 11) is 2.58. The molecule has 0 atom stereocenters. The van der Waals surface area contributed by atoms with Gasteiger partial charge in [0.15, 0.2) is 5.82 Å². The van der Waals surface area contributed by atoms with Crippen molar-refractivity contribution in [2.45, 2.75) is 12.9 Å². The number of esters is 1. The van der Waals surface area contributed by atoms with Gasteiger partial charge in [-0.05, 0) is 34.7 Å². The molecule has 0 aliphatic heterocycles. The molecule has 0 saturated heterocycles. The van der Waals surface area contributed by atoms with Crippen molar-refractivity contribution in [2.75, 3.05) is 14.2 Å². The molecule has 0 amide bonds. The number of rotatable bonds is 4. The van der Waals surface area contributed by atoms with Crippen molar-refractivity contribution in [2.24, 2.45) is 0 Å². The third-order valence-corrected chi connectivity index (χ3v) is 4.41. The van der Waals surface area contributed by atoms with Gasteiger partial charge in [0.25, 0.3) is 5.82 Å². The molecule has 3 rings (SSSR count). The van der Waals surface area contributed by atoms with E-state index >= 15 is 0 Å². The van der Waals surface area contributed by atoms with E-state index in [0.29, 0.717) is 9.35 Å². The van der Waals surface area contributed by atoms with Crippen LogP contribution in [0.15, 0.2) is 18.3 Å². The van der Waals surface area contributed by atoms with Gasteiger partial charge in [-0.1, -0.05) is 0 Å². The lowest BCUT2D eigenvalue weighted by atomic mass is 10.3. The molecule has 0 aromatic carbocycles. The van der Waals surface area contributed by atoms with Gasteiger partial charge < -0.3 is 9.47 Å². The van der Waals surface area contributed by atoms with Crippen LogP contribution in [-0.2, 0) is 22.4 Å². The van der Waals surface area contributed by atoms with Crippen molar-refractivity contribution >= 4 is 34.2 Å². The summed E-state index contributed by atoms with van der Waals surface area (Å²) >= 11 is 1.93. The predicted molar refractivity (Wildman–Crippen MR) is 90.3 cm³/mol. The van der Waals surface area contributed by atoms with E-state index in [9.17, 15) is 18.0 Å². The Hall–Kier alpha value is -2.22. The number of aromatic nitrogens is 5. The average Bonchev–Trinajstić information content (AvgIpc) is 3.15. The van der Waals surface area contributed by atoms with Gasteiger partial charge in [-0.3, -0.25) is 4.40 Å². The van der Waals surface area contributed by atoms with Gasteiger partial charge in [0, 0.05) is 13.3 Å². The van der Waals surface area contributed by atoms with Crippen LogP contribution in [0.3, 0.4) is 0 Å². The van der Waals surface area contributed by atoms with Crippen LogP contribution in [0.5, 0.6) is 0 Å². The van der Waals surface area contributed by atoms with Crippen LogP contribution < -0.4 is 0 Å². The van der Waals surface area contributed by atoms with Gasteiger partial charge in [0.05, 0.1) is 12.7 Å². The Morgan fingerprint density at radius 1 is 1.31 bits per heavy atom. The highest BCUT2D eigenvalue weighted by Crippen LogP contribution is 2.31. The molecule has 0 unspecified atom stereocenters. The summed E-state index contributed by atoms with van der Waals surface area (Å²) in [6, 6.07) is 2.99. The number of halogens is 4. The van der Waals surface area contributed by atoms with Gasteiger partial charge in [-0.25, -0.2) is 19.4 Å². The number of methoxy groups -OCH3 is 2. The maximum atomic E-state index is 13.0. The quantitative estimate of drug-likeness (QED) is 0.421. The molecule has 3 heterocycles. The molecule has 0 bridgehead atoms. The maximum Gasteiger partial charge on any atom is 0.453 e. The molecular weight excluding hydrogens is 470 g/mol. The lowest BCUT2D eigenvalue weighted by molar-refractivity contribution is -0.145. The first-order valence-corrected chi connectivity index (χ1v) is 8.11. The minimum Gasteiger partial charge on any atom is -0.465 e. The number of hydrogen-bond donors (Lipinski definition) is 0. The minimum atomic E-state index is -4.70. The van der Waals surface area contributed by atoms with Gasteiger partial charge >= 0.3 is 12.1 Å². The number of carbonyl (C=O) groups excluding carboxylic acids is 1. The largest absolute Gasteiger partial charge is 0.465 e. The molecule has 12 heteroatoms. The molecule has 0 spiro atoms. The molecule has 3 aromatic heterocycles. The molecule has 0 fully saturated rings. The zero-order valence-corrected chi connectivity index (χ0v) is 15.6. The fourth-order valence-corrected chi connectivity index (χ4v) is 3.02. The van der Waals surface area contributed by atoms with Crippen LogP contribution in [-0.4, -0.2) is 44.3 Å². The van der Waals surface area contributed by atoms with Crippen molar-refractivity contribution in [3.63, 3.8) is 0 Å². The molecule has 0 N–H and O–H groups in total. The van der Waals surface area contributed by atoms with Crippen molar-refractivity contribution in [3.8, 4) is 11.5 Å². The molecule has 0 aliphatic rings. The zero-order valence-electron chi connectivity index (χ0n) is 13.4. The van der Waals surface area contributed by atoms with Crippen LogP contribution in [0.4, 0.5) is 13.2 Å². The summed E-state index contributed by atoms with van der Waals surface area (Å²) in [4.78, 5) is 19.5. The maximum absolute atomic E-state index is 13.0. The third kappa shape index (κ3) is 3.25. The fourth-order valence-electron chi connectivity index (χ4n) is 2.25. The second-order valence-electron chi connectivity index (χ2n) is 5.06. The van der Waals surface area contributed by atoms with E-state index in [1.165, 1.54) is 26.4 Å². The van der Waals surface area contributed by atoms with Gasteiger partial charge in [-0.2, -0.15) is 13.2 Å². The Balaban J connectivity index is 2.17. The van der Waals surface area contributed by atoms with E-state index in [2.05, 4.69) is 19.8 Å². The number of hydrogen-bond acceptors (Lipinski definition) is 6. The number of ether oxygens (including phenoxy) is 2. The first kappa shape index (κ1) is 18.6. The Bertz CT molecular complexity index is 982. The average molecular weight is 481 g/mol.